The molecule has 1 aromatic heterocycles. The van der Waals surface area contributed by atoms with Crippen molar-refractivity contribution >= 4 is 5.69 Å². The van der Waals surface area contributed by atoms with E-state index in [0.29, 0.717) is 11.6 Å². The largest absolute Gasteiger partial charge is 0.495 e. The van der Waals surface area contributed by atoms with Gasteiger partial charge in [-0.2, -0.15) is 5.26 Å². The number of piperazine rings is 1. The summed E-state index contributed by atoms with van der Waals surface area (Å²) in [5.41, 5.74) is 2.77. The fraction of sp³-hybridized carbons (Fsp3) is 0.368. The number of hydrogen-bond acceptors (Lipinski definition) is 5. The zero-order chi connectivity index (χ0) is 16.9. The number of pyridine rings is 1. The molecule has 1 aliphatic rings. The Hall–Kier alpha value is -2.58. The van der Waals surface area contributed by atoms with Crippen molar-refractivity contribution in [1.82, 2.24) is 9.88 Å². The van der Waals surface area contributed by atoms with Crippen LogP contribution < -0.4 is 9.64 Å². The van der Waals surface area contributed by atoms with E-state index in [1.807, 2.05) is 24.3 Å². The minimum Gasteiger partial charge on any atom is -0.495 e. The van der Waals surface area contributed by atoms with E-state index >= 15 is 0 Å². The zero-order valence-electron chi connectivity index (χ0n) is 14.1. The zero-order valence-corrected chi connectivity index (χ0v) is 14.1. The summed E-state index contributed by atoms with van der Waals surface area (Å²) in [6.07, 6.45) is 1.71. The van der Waals surface area contributed by atoms with Gasteiger partial charge in [0.2, 0.25) is 0 Å². The van der Waals surface area contributed by atoms with Gasteiger partial charge in [0.15, 0.2) is 0 Å². The maximum atomic E-state index is 9.02. The number of nitriles is 1. The fourth-order valence-corrected chi connectivity index (χ4v) is 3.18. The Balaban J connectivity index is 1.68. The molecule has 0 N–H and O–H groups in total. The lowest BCUT2D eigenvalue weighted by molar-refractivity contribution is 0.178. The van der Waals surface area contributed by atoms with Gasteiger partial charge in [0.25, 0.3) is 0 Å². The van der Waals surface area contributed by atoms with Gasteiger partial charge in [-0.3, -0.25) is 9.88 Å². The van der Waals surface area contributed by atoms with Gasteiger partial charge in [0, 0.05) is 38.4 Å². The molecule has 0 spiro atoms. The molecule has 5 nitrogen and oxygen atoms in total. The van der Waals surface area contributed by atoms with Crippen molar-refractivity contribution in [2.24, 2.45) is 0 Å². The lowest BCUT2D eigenvalue weighted by Crippen LogP contribution is -2.51. The minimum atomic E-state index is 0.399. The molecule has 2 aromatic rings. The average Bonchev–Trinajstić information content (AvgIpc) is 2.63. The Bertz CT molecular complexity index is 740. The Kier molecular flexibility index (Phi) is 4.97. The monoisotopic (exact) mass is 322 g/mol. The molecule has 1 aromatic carbocycles. The fourth-order valence-electron chi connectivity index (χ4n) is 3.18. The van der Waals surface area contributed by atoms with Gasteiger partial charge in [0.05, 0.1) is 30.1 Å². The summed E-state index contributed by atoms with van der Waals surface area (Å²) in [5.74, 6) is 0.918. The lowest BCUT2D eigenvalue weighted by atomic mass is 10.1. The first-order valence-corrected chi connectivity index (χ1v) is 8.18. The smallest absolute Gasteiger partial charge is 0.142 e. The molecule has 0 bridgehead atoms. The van der Waals surface area contributed by atoms with E-state index in [2.05, 4.69) is 33.8 Å². The van der Waals surface area contributed by atoms with Crippen molar-refractivity contribution in [3.63, 3.8) is 0 Å². The van der Waals surface area contributed by atoms with Gasteiger partial charge in [-0.05, 0) is 31.2 Å². The van der Waals surface area contributed by atoms with E-state index in [1.54, 1.807) is 19.4 Å². The first-order chi connectivity index (χ1) is 11.7. The van der Waals surface area contributed by atoms with E-state index in [4.69, 9.17) is 10.00 Å². The van der Waals surface area contributed by atoms with Crippen molar-refractivity contribution in [3.8, 4) is 11.8 Å². The third kappa shape index (κ3) is 3.50. The van der Waals surface area contributed by atoms with Gasteiger partial charge < -0.3 is 9.64 Å². The third-order valence-corrected chi connectivity index (χ3v) is 4.50. The number of rotatable bonds is 4. The Morgan fingerprint density at radius 1 is 1.29 bits per heavy atom. The van der Waals surface area contributed by atoms with Crippen LogP contribution in [0, 0.1) is 11.3 Å². The number of para-hydroxylation sites is 2. The minimum absolute atomic E-state index is 0.399. The molecular weight excluding hydrogens is 300 g/mol. The van der Waals surface area contributed by atoms with Gasteiger partial charge in [-0.25, -0.2) is 0 Å². The summed E-state index contributed by atoms with van der Waals surface area (Å²) in [5, 5.41) is 9.02. The van der Waals surface area contributed by atoms with Crippen LogP contribution in [0.25, 0.3) is 0 Å². The summed E-state index contributed by atoms with van der Waals surface area (Å²) < 4.78 is 5.49. The molecule has 3 rings (SSSR count). The molecule has 1 saturated heterocycles. The van der Waals surface area contributed by atoms with Crippen molar-refractivity contribution in [2.45, 2.75) is 19.5 Å². The molecule has 2 heterocycles. The highest BCUT2D eigenvalue weighted by Crippen LogP contribution is 2.29. The van der Waals surface area contributed by atoms with Gasteiger partial charge >= 0.3 is 0 Å². The van der Waals surface area contributed by atoms with Crippen molar-refractivity contribution in [2.75, 3.05) is 31.6 Å². The summed E-state index contributed by atoms with van der Waals surface area (Å²) in [6.45, 7) is 5.85. The summed E-state index contributed by atoms with van der Waals surface area (Å²) >= 11 is 0. The van der Waals surface area contributed by atoms with Crippen molar-refractivity contribution in [3.05, 3.63) is 53.9 Å². The van der Waals surface area contributed by atoms with Crippen LogP contribution in [0.5, 0.6) is 5.75 Å². The average molecular weight is 322 g/mol. The van der Waals surface area contributed by atoms with Crippen LogP contribution in [0.4, 0.5) is 5.69 Å². The maximum Gasteiger partial charge on any atom is 0.142 e. The van der Waals surface area contributed by atoms with E-state index in [1.165, 1.54) is 0 Å². The molecule has 1 fully saturated rings. The van der Waals surface area contributed by atoms with Crippen LogP contribution in [0.3, 0.4) is 0 Å². The number of ether oxygens (including phenoxy) is 1. The maximum absolute atomic E-state index is 9.02. The van der Waals surface area contributed by atoms with E-state index < -0.39 is 0 Å². The topological polar surface area (TPSA) is 52.4 Å². The molecule has 5 heteroatoms. The highest BCUT2D eigenvalue weighted by molar-refractivity contribution is 5.58. The number of nitrogens with zero attached hydrogens (tertiary/aromatic N) is 4. The second-order valence-electron chi connectivity index (χ2n) is 6.09. The number of methoxy groups -OCH3 is 1. The standard InChI is InChI=1S/C19H22N4O/c1-15-13-23(18-5-3-4-6-19(18)24-2)10-9-22(15)14-17-11-16(12-20)7-8-21-17/h3-8,11,15H,9-10,13-14H2,1-2H3. The lowest BCUT2D eigenvalue weighted by Gasteiger charge is -2.41. The summed E-state index contributed by atoms with van der Waals surface area (Å²) in [6, 6.07) is 14.4. The Morgan fingerprint density at radius 3 is 2.88 bits per heavy atom. The van der Waals surface area contributed by atoms with Crippen LogP contribution >= 0.6 is 0 Å². The normalized spacial score (nSPS) is 18.2. The molecule has 1 aliphatic heterocycles. The molecular formula is C19H22N4O. The number of hydrogen-bond donors (Lipinski definition) is 0. The highest BCUT2D eigenvalue weighted by atomic mass is 16.5. The quantitative estimate of drug-likeness (QED) is 0.866. The molecule has 1 atom stereocenters. The van der Waals surface area contributed by atoms with Crippen LogP contribution in [0.15, 0.2) is 42.6 Å². The van der Waals surface area contributed by atoms with Crippen LogP contribution in [-0.2, 0) is 6.54 Å². The first-order valence-electron chi connectivity index (χ1n) is 8.18. The SMILES string of the molecule is COc1ccccc1N1CCN(Cc2cc(C#N)ccn2)C(C)C1. The second-order valence-corrected chi connectivity index (χ2v) is 6.09. The summed E-state index contributed by atoms with van der Waals surface area (Å²) in [7, 11) is 1.71. The van der Waals surface area contributed by atoms with E-state index in [0.717, 1.165) is 43.3 Å². The molecule has 1 unspecified atom stereocenters. The molecule has 0 aliphatic carbocycles. The summed E-state index contributed by atoms with van der Waals surface area (Å²) in [4.78, 5) is 9.18. The third-order valence-electron chi connectivity index (χ3n) is 4.50. The highest BCUT2D eigenvalue weighted by Gasteiger charge is 2.25. The molecule has 0 amide bonds. The van der Waals surface area contributed by atoms with E-state index in [9.17, 15) is 0 Å². The van der Waals surface area contributed by atoms with E-state index in [-0.39, 0.29) is 0 Å². The van der Waals surface area contributed by atoms with Crippen LogP contribution in [0.1, 0.15) is 18.2 Å². The molecule has 0 radical (unpaired) electrons. The second kappa shape index (κ2) is 7.33. The Labute approximate surface area is 143 Å². The molecule has 124 valence electrons. The van der Waals surface area contributed by atoms with Gasteiger partial charge in [-0.15, -0.1) is 0 Å². The predicted octanol–water partition coefficient (Wildman–Crippen LogP) is 2.67. The number of aromatic nitrogens is 1. The predicted molar refractivity (Wildman–Crippen MR) is 94.0 cm³/mol. The van der Waals surface area contributed by atoms with Crippen LogP contribution in [0.2, 0.25) is 0 Å². The van der Waals surface area contributed by atoms with Gasteiger partial charge in [-0.1, -0.05) is 12.1 Å². The molecule has 24 heavy (non-hydrogen) atoms. The van der Waals surface area contributed by atoms with Gasteiger partial charge in [0.1, 0.15) is 5.75 Å². The van der Waals surface area contributed by atoms with Crippen LogP contribution in [-0.4, -0.2) is 42.7 Å². The Morgan fingerprint density at radius 2 is 2.12 bits per heavy atom. The molecule has 0 saturated carbocycles. The number of anilines is 1. The first kappa shape index (κ1) is 16.3. The van der Waals surface area contributed by atoms with Crippen molar-refractivity contribution in [1.29, 1.82) is 5.26 Å². The number of benzene rings is 1. The van der Waals surface area contributed by atoms with Crippen molar-refractivity contribution < 1.29 is 4.74 Å².